The number of methoxy groups -OCH3 is 3. The second-order valence-corrected chi connectivity index (χ2v) is 6.60. The van der Waals surface area contributed by atoms with Crippen LogP contribution in [0.4, 0.5) is 0 Å². The molecule has 1 aromatic carbocycles. The van der Waals surface area contributed by atoms with E-state index in [4.69, 9.17) is 18.9 Å². The highest BCUT2D eigenvalue weighted by molar-refractivity contribution is 5.91. The highest BCUT2D eigenvalue weighted by Crippen LogP contribution is 2.39. The predicted molar refractivity (Wildman–Crippen MR) is 90.5 cm³/mol. The van der Waals surface area contributed by atoms with E-state index in [-0.39, 0.29) is 24.3 Å². The Labute approximate surface area is 147 Å². The smallest absolute Gasteiger partial charge is 0.338 e. The van der Waals surface area contributed by atoms with Gasteiger partial charge in [0, 0.05) is 24.9 Å². The first kappa shape index (κ1) is 17.8. The maximum absolute atomic E-state index is 12.6. The number of esters is 1. The van der Waals surface area contributed by atoms with Crippen LogP contribution < -0.4 is 14.2 Å². The number of hydrogen-bond acceptors (Lipinski definition) is 7. The summed E-state index contributed by atoms with van der Waals surface area (Å²) in [5, 5.41) is 10.1. The van der Waals surface area contributed by atoms with Crippen molar-refractivity contribution in [3.8, 4) is 17.2 Å². The van der Waals surface area contributed by atoms with E-state index in [1.807, 2.05) is 7.05 Å². The molecule has 0 aromatic heterocycles. The summed E-state index contributed by atoms with van der Waals surface area (Å²) >= 11 is 0. The molecule has 0 saturated carbocycles. The lowest BCUT2D eigenvalue weighted by Crippen LogP contribution is -2.45. The van der Waals surface area contributed by atoms with Crippen LogP contribution in [0.15, 0.2) is 12.1 Å². The first-order valence-electron chi connectivity index (χ1n) is 8.39. The van der Waals surface area contributed by atoms with Gasteiger partial charge in [-0.3, -0.25) is 4.90 Å². The van der Waals surface area contributed by atoms with Crippen LogP contribution in [-0.2, 0) is 4.74 Å². The van der Waals surface area contributed by atoms with Gasteiger partial charge in [0.25, 0.3) is 0 Å². The lowest BCUT2D eigenvalue weighted by Gasteiger charge is -2.36. The van der Waals surface area contributed by atoms with Crippen molar-refractivity contribution in [2.24, 2.45) is 0 Å². The molecule has 0 amide bonds. The molecule has 0 aliphatic carbocycles. The van der Waals surface area contributed by atoms with Crippen molar-refractivity contribution in [2.75, 3.05) is 28.4 Å². The summed E-state index contributed by atoms with van der Waals surface area (Å²) in [6.45, 7) is 0. The second kappa shape index (κ2) is 7.09. The lowest BCUT2D eigenvalue weighted by molar-refractivity contribution is -0.00838. The Hall–Kier alpha value is -1.99. The third-order valence-electron chi connectivity index (χ3n) is 5.27. The Morgan fingerprint density at radius 3 is 2.24 bits per heavy atom. The number of carbonyl (C=O) groups is 1. The Kier molecular flexibility index (Phi) is 5.06. The number of piperidine rings is 1. The SMILES string of the molecule is COc1cc(C(=O)O[C@H]2C[C@H]3C[C@H](O)[C@@H](C2)N3C)cc(OC)c1OC. The molecule has 138 valence electrons. The van der Waals surface area contributed by atoms with Gasteiger partial charge in [0.15, 0.2) is 11.5 Å². The normalized spacial score (nSPS) is 28.5. The Morgan fingerprint density at radius 1 is 1.08 bits per heavy atom. The van der Waals surface area contributed by atoms with Crippen LogP contribution >= 0.6 is 0 Å². The second-order valence-electron chi connectivity index (χ2n) is 6.60. The number of ether oxygens (including phenoxy) is 4. The van der Waals surface area contributed by atoms with Gasteiger partial charge in [-0.05, 0) is 25.6 Å². The zero-order valence-electron chi connectivity index (χ0n) is 15.0. The fourth-order valence-electron chi connectivity index (χ4n) is 3.91. The Morgan fingerprint density at radius 2 is 1.72 bits per heavy atom. The monoisotopic (exact) mass is 351 g/mol. The first-order valence-corrected chi connectivity index (χ1v) is 8.39. The maximum atomic E-state index is 12.6. The van der Waals surface area contributed by atoms with Gasteiger partial charge in [-0.2, -0.15) is 0 Å². The molecular formula is C18H25NO6. The third-order valence-corrected chi connectivity index (χ3v) is 5.27. The number of likely N-dealkylation sites (N-methyl/N-ethyl adjacent to an activating group) is 1. The van der Waals surface area contributed by atoms with E-state index >= 15 is 0 Å². The zero-order chi connectivity index (χ0) is 18.1. The molecule has 2 heterocycles. The van der Waals surface area contributed by atoms with Gasteiger partial charge >= 0.3 is 5.97 Å². The molecule has 1 aromatic rings. The van der Waals surface area contributed by atoms with Crippen LogP contribution in [0.3, 0.4) is 0 Å². The fourth-order valence-corrected chi connectivity index (χ4v) is 3.91. The number of carbonyl (C=O) groups excluding carboxylic acids is 1. The van der Waals surface area contributed by atoms with Crippen LogP contribution in [0.2, 0.25) is 0 Å². The minimum atomic E-state index is -0.428. The number of fused-ring (bicyclic) bond motifs is 2. The quantitative estimate of drug-likeness (QED) is 0.805. The molecule has 0 radical (unpaired) electrons. The third kappa shape index (κ3) is 3.26. The van der Waals surface area contributed by atoms with Crippen molar-refractivity contribution < 1.29 is 28.8 Å². The van der Waals surface area contributed by atoms with Crippen LogP contribution in [0.25, 0.3) is 0 Å². The Bertz CT molecular complexity index is 623. The summed E-state index contributed by atoms with van der Waals surface area (Å²) in [6.07, 6.45) is 1.57. The van der Waals surface area contributed by atoms with E-state index in [1.165, 1.54) is 21.3 Å². The molecule has 1 N–H and O–H groups in total. The van der Waals surface area contributed by atoms with Crippen molar-refractivity contribution in [2.45, 2.75) is 43.6 Å². The summed E-state index contributed by atoms with van der Waals surface area (Å²) in [5.74, 6) is 0.824. The number of nitrogens with zero attached hydrogens (tertiary/aromatic N) is 1. The highest BCUT2D eigenvalue weighted by Gasteiger charge is 2.45. The molecule has 4 atom stereocenters. The van der Waals surface area contributed by atoms with Gasteiger partial charge in [0.2, 0.25) is 5.75 Å². The van der Waals surface area contributed by atoms with Crippen LogP contribution in [-0.4, -0.2) is 68.6 Å². The number of benzene rings is 1. The van der Waals surface area contributed by atoms with Crippen LogP contribution in [0, 0.1) is 0 Å². The van der Waals surface area contributed by atoms with Gasteiger partial charge in [-0.25, -0.2) is 4.79 Å². The molecule has 2 aliphatic rings. The summed E-state index contributed by atoms with van der Waals surface area (Å²) < 4.78 is 21.5. The predicted octanol–water partition coefficient (Wildman–Crippen LogP) is 1.47. The Balaban J connectivity index is 1.76. The molecule has 2 fully saturated rings. The van der Waals surface area contributed by atoms with Gasteiger partial charge in [0.1, 0.15) is 6.10 Å². The molecule has 2 saturated heterocycles. The first-order chi connectivity index (χ1) is 12.0. The molecule has 7 nitrogen and oxygen atoms in total. The number of hydrogen-bond donors (Lipinski definition) is 1. The minimum absolute atomic E-state index is 0.0523. The summed E-state index contributed by atoms with van der Waals surface area (Å²) in [4.78, 5) is 14.8. The number of aliphatic hydroxyl groups excluding tert-OH is 1. The van der Waals surface area contributed by atoms with Crippen molar-refractivity contribution in [3.63, 3.8) is 0 Å². The van der Waals surface area contributed by atoms with Gasteiger partial charge < -0.3 is 24.1 Å². The van der Waals surface area contributed by atoms with Crippen LogP contribution in [0.1, 0.15) is 29.6 Å². The minimum Gasteiger partial charge on any atom is -0.493 e. The number of aliphatic hydroxyl groups is 1. The molecule has 25 heavy (non-hydrogen) atoms. The zero-order valence-corrected chi connectivity index (χ0v) is 15.0. The average molecular weight is 351 g/mol. The van der Waals surface area contributed by atoms with Gasteiger partial charge in [-0.1, -0.05) is 0 Å². The fraction of sp³-hybridized carbons (Fsp3) is 0.611. The van der Waals surface area contributed by atoms with Crippen molar-refractivity contribution in [1.82, 2.24) is 4.90 Å². The average Bonchev–Trinajstić information content (AvgIpc) is 2.77. The van der Waals surface area contributed by atoms with E-state index in [1.54, 1.807) is 12.1 Å². The van der Waals surface area contributed by atoms with E-state index in [0.29, 0.717) is 29.2 Å². The topological polar surface area (TPSA) is 77.5 Å². The molecule has 7 heteroatoms. The standard InChI is InChI=1S/C18H25NO6/c1-19-11-7-12(9-13(19)14(20)8-11)25-18(21)10-5-15(22-2)17(24-4)16(6-10)23-3/h5-6,11-14,20H,7-9H2,1-4H3/t11-,12-,13+,14-/m0/s1. The summed E-state index contributed by atoms with van der Waals surface area (Å²) in [5.41, 5.74) is 0.348. The van der Waals surface area contributed by atoms with E-state index in [2.05, 4.69) is 4.90 Å². The van der Waals surface area contributed by atoms with E-state index < -0.39 is 5.97 Å². The number of rotatable bonds is 5. The van der Waals surface area contributed by atoms with Crippen molar-refractivity contribution in [3.05, 3.63) is 17.7 Å². The van der Waals surface area contributed by atoms with Crippen molar-refractivity contribution >= 4 is 5.97 Å². The molecule has 3 rings (SSSR count). The highest BCUT2D eigenvalue weighted by atomic mass is 16.5. The van der Waals surface area contributed by atoms with Gasteiger partial charge in [0.05, 0.1) is 33.0 Å². The largest absolute Gasteiger partial charge is 0.493 e. The van der Waals surface area contributed by atoms with E-state index in [9.17, 15) is 9.90 Å². The van der Waals surface area contributed by atoms with Crippen LogP contribution in [0.5, 0.6) is 17.2 Å². The summed E-state index contributed by atoms with van der Waals surface area (Å²) in [7, 11) is 6.53. The maximum Gasteiger partial charge on any atom is 0.338 e. The molecule has 0 spiro atoms. The molecular weight excluding hydrogens is 326 g/mol. The van der Waals surface area contributed by atoms with Crippen molar-refractivity contribution in [1.29, 1.82) is 0 Å². The summed E-state index contributed by atoms with van der Waals surface area (Å²) in [6, 6.07) is 3.48. The van der Waals surface area contributed by atoms with E-state index in [0.717, 1.165) is 12.8 Å². The van der Waals surface area contributed by atoms with Gasteiger partial charge in [-0.15, -0.1) is 0 Å². The molecule has 0 unspecified atom stereocenters. The lowest BCUT2D eigenvalue weighted by atomic mass is 10.00. The molecule has 2 bridgehead atoms. The molecule has 2 aliphatic heterocycles.